The molecular weight excluding hydrogens is 340 g/mol. The van der Waals surface area contributed by atoms with Crippen LogP contribution in [0.2, 0.25) is 0 Å². The van der Waals surface area contributed by atoms with Crippen molar-refractivity contribution in [3.8, 4) is 11.5 Å². The first-order valence-corrected chi connectivity index (χ1v) is 8.61. The molecule has 3 heterocycles. The number of furan rings is 1. The Balaban J connectivity index is 1.76. The number of nitrogens with zero attached hydrogens (tertiary/aromatic N) is 2. The predicted molar refractivity (Wildman–Crippen MR) is 94.0 cm³/mol. The Labute approximate surface area is 146 Å². The highest BCUT2D eigenvalue weighted by Gasteiger charge is 2.20. The van der Waals surface area contributed by atoms with Gasteiger partial charge in [0.15, 0.2) is 17.0 Å². The molecule has 4 aromatic rings. The number of aromatic nitrogens is 2. The van der Waals surface area contributed by atoms with Crippen LogP contribution in [0.1, 0.15) is 22.3 Å². The van der Waals surface area contributed by atoms with Crippen LogP contribution in [0.25, 0.3) is 27.4 Å². The Bertz CT molecular complexity index is 1060. The van der Waals surface area contributed by atoms with Gasteiger partial charge in [-0.15, -0.1) is 11.3 Å². The van der Waals surface area contributed by atoms with E-state index < -0.39 is 0 Å². The van der Waals surface area contributed by atoms with Crippen LogP contribution in [-0.2, 0) is 16.0 Å². The minimum absolute atomic E-state index is 0.167. The van der Waals surface area contributed by atoms with Crippen LogP contribution in [0, 0.1) is 0 Å². The number of benzene rings is 1. The molecule has 1 aromatic carbocycles. The van der Waals surface area contributed by atoms with Crippen molar-refractivity contribution < 1.29 is 18.7 Å². The highest BCUT2D eigenvalue weighted by atomic mass is 32.1. The molecule has 7 heteroatoms. The summed E-state index contributed by atoms with van der Waals surface area (Å²) in [5.41, 5.74) is 1.65. The van der Waals surface area contributed by atoms with Gasteiger partial charge < -0.3 is 9.15 Å². The Kier molecular flexibility index (Phi) is 3.85. The fourth-order valence-corrected chi connectivity index (χ4v) is 3.71. The summed E-state index contributed by atoms with van der Waals surface area (Å²) in [6.07, 6.45) is 2.67. The quantitative estimate of drug-likeness (QED) is 0.403. The van der Waals surface area contributed by atoms with Crippen molar-refractivity contribution in [3.63, 3.8) is 0 Å². The van der Waals surface area contributed by atoms with E-state index in [1.165, 1.54) is 11.3 Å². The number of fused-ring (bicyclic) bond motifs is 2. The van der Waals surface area contributed by atoms with E-state index >= 15 is 0 Å². The van der Waals surface area contributed by atoms with Crippen LogP contribution in [0.15, 0.2) is 40.9 Å². The predicted octanol–water partition coefficient (Wildman–Crippen LogP) is 3.73. The maximum absolute atomic E-state index is 11.6. The molecule has 4 rings (SSSR count). The molecule has 0 aliphatic heterocycles. The fourth-order valence-electron chi connectivity index (χ4n) is 2.74. The van der Waals surface area contributed by atoms with Gasteiger partial charge in [-0.25, -0.2) is 4.98 Å². The lowest BCUT2D eigenvalue weighted by molar-refractivity contribution is -0.142. The lowest BCUT2D eigenvalue weighted by Crippen LogP contribution is -2.06. The summed E-state index contributed by atoms with van der Waals surface area (Å²) in [7, 11) is 0. The summed E-state index contributed by atoms with van der Waals surface area (Å²) < 4.78 is 12.5. The van der Waals surface area contributed by atoms with Gasteiger partial charge in [-0.1, -0.05) is 18.2 Å². The van der Waals surface area contributed by atoms with Gasteiger partial charge in [0.25, 0.3) is 0 Å². The molecule has 0 N–H and O–H groups in total. The lowest BCUT2D eigenvalue weighted by atomic mass is 10.2. The summed E-state index contributed by atoms with van der Waals surface area (Å²) in [5.74, 6) is 0.253. The topological polar surface area (TPSA) is 73.8 Å². The third-order valence-corrected chi connectivity index (χ3v) is 4.79. The van der Waals surface area contributed by atoms with Crippen LogP contribution in [-0.4, -0.2) is 28.2 Å². The van der Waals surface area contributed by atoms with Crippen molar-refractivity contribution >= 4 is 39.5 Å². The van der Waals surface area contributed by atoms with Crippen LogP contribution >= 0.6 is 11.3 Å². The van der Waals surface area contributed by atoms with Gasteiger partial charge >= 0.3 is 5.97 Å². The molecule has 0 amide bonds. The Morgan fingerprint density at radius 3 is 3.00 bits per heavy atom. The molecule has 25 heavy (non-hydrogen) atoms. The van der Waals surface area contributed by atoms with E-state index in [4.69, 9.17) is 9.15 Å². The molecule has 0 fully saturated rings. The average Bonchev–Trinajstić information content (AvgIpc) is 3.25. The molecule has 0 atom stereocenters. The number of esters is 1. The first kappa shape index (κ1) is 15.6. The molecule has 0 saturated heterocycles. The zero-order valence-electron chi connectivity index (χ0n) is 13.4. The number of ether oxygens (including phenoxy) is 1. The highest BCUT2D eigenvalue weighted by Crippen LogP contribution is 2.31. The molecular formula is C18H14N2O4S. The molecule has 0 saturated carbocycles. The monoisotopic (exact) mass is 354 g/mol. The third-order valence-electron chi connectivity index (χ3n) is 3.81. The minimum Gasteiger partial charge on any atom is -0.466 e. The zero-order chi connectivity index (χ0) is 17.4. The van der Waals surface area contributed by atoms with E-state index in [0.717, 1.165) is 22.1 Å². The summed E-state index contributed by atoms with van der Waals surface area (Å²) in [5, 5.41) is 0.953. The number of carbonyl (C=O) groups excluding carboxylic acids is 2. The Morgan fingerprint density at radius 2 is 2.24 bits per heavy atom. The first-order chi connectivity index (χ1) is 12.2. The van der Waals surface area contributed by atoms with Crippen molar-refractivity contribution in [2.75, 3.05) is 6.61 Å². The van der Waals surface area contributed by atoms with Crippen LogP contribution in [0.5, 0.6) is 0 Å². The van der Waals surface area contributed by atoms with E-state index in [2.05, 4.69) is 4.98 Å². The second-order valence-electron chi connectivity index (χ2n) is 5.44. The second kappa shape index (κ2) is 6.18. The summed E-state index contributed by atoms with van der Waals surface area (Å²) in [6, 6.07) is 9.50. The second-order valence-corrected chi connectivity index (χ2v) is 6.54. The van der Waals surface area contributed by atoms with E-state index in [0.29, 0.717) is 28.7 Å². The zero-order valence-corrected chi connectivity index (χ0v) is 14.2. The van der Waals surface area contributed by atoms with Crippen molar-refractivity contribution in [1.82, 2.24) is 9.38 Å². The SMILES string of the molecule is CCOC(=O)Cc1cn2c(C=O)c(-c3cc4ccccc4o3)nc2s1. The molecule has 126 valence electrons. The van der Waals surface area contributed by atoms with E-state index in [1.807, 2.05) is 30.3 Å². The number of rotatable bonds is 5. The van der Waals surface area contributed by atoms with Gasteiger partial charge in [0.05, 0.1) is 13.0 Å². The normalized spacial score (nSPS) is 11.2. The molecule has 0 unspecified atom stereocenters. The number of imidazole rings is 1. The van der Waals surface area contributed by atoms with Crippen molar-refractivity contribution in [2.45, 2.75) is 13.3 Å². The van der Waals surface area contributed by atoms with E-state index in [1.54, 1.807) is 17.5 Å². The summed E-state index contributed by atoms with van der Waals surface area (Å²) in [6.45, 7) is 2.11. The maximum atomic E-state index is 11.6. The van der Waals surface area contributed by atoms with Crippen LogP contribution in [0.3, 0.4) is 0 Å². The van der Waals surface area contributed by atoms with Crippen molar-refractivity contribution in [2.24, 2.45) is 0 Å². The van der Waals surface area contributed by atoms with Gasteiger partial charge in [-0.05, 0) is 19.1 Å². The number of hydrogen-bond acceptors (Lipinski definition) is 6. The van der Waals surface area contributed by atoms with Gasteiger partial charge in [0.1, 0.15) is 17.0 Å². The molecule has 0 spiro atoms. The van der Waals surface area contributed by atoms with Crippen molar-refractivity contribution in [1.29, 1.82) is 0 Å². The number of hydrogen-bond donors (Lipinski definition) is 0. The summed E-state index contributed by atoms with van der Waals surface area (Å²) >= 11 is 1.35. The molecule has 0 aliphatic rings. The van der Waals surface area contributed by atoms with Gasteiger partial charge in [-0.2, -0.15) is 0 Å². The van der Waals surface area contributed by atoms with Gasteiger partial charge in [-0.3, -0.25) is 14.0 Å². The molecule has 0 bridgehead atoms. The minimum atomic E-state index is -0.294. The number of thiazole rings is 1. The standard InChI is InChI=1S/C18H14N2O4S/c1-2-23-16(22)8-12-9-20-13(10-21)17(19-18(20)25-12)15-7-11-5-3-4-6-14(11)24-15/h3-7,9-10H,2,8H2,1H3. The largest absolute Gasteiger partial charge is 0.466 e. The van der Waals surface area contributed by atoms with E-state index in [-0.39, 0.29) is 12.4 Å². The average molecular weight is 354 g/mol. The third kappa shape index (κ3) is 2.72. The molecule has 3 aromatic heterocycles. The van der Waals surface area contributed by atoms with Crippen molar-refractivity contribution in [3.05, 3.63) is 47.1 Å². The number of carbonyl (C=O) groups is 2. The van der Waals surface area contributed by atoms with Gasteiger partial charge in [0, 0.05) is 16.5 Å². The molecule has 0 aliphatic carbocycles. The maximum Gasteiger partial charge on any atom is 0.311 e. The fraction of sp³-hybridized carbons (Fsp3) is 0.167. The first-order valence-electron chi connectivity index (χ1n) is 7.80. The number of para-hydroxylation sites is 1. The van der Waals surface area contributed by atoms with E-state index in [9.17, 15) is 9.59 Å². The molecule has 0 radical (unpaired) electrons. The summed E-state index contributed by atoms with van der Waals surface area (Å²) in [4.78, 5) is 29.2. The lowest BCUT2D eigenvalue weighted by Gasteiger charge is -1.98. The highest BCUT2D eigenvalue weighted by molar-refractivity contribution is 7.17. The smallest absolute Gasteiger partial charge is 0.311 e. The molecule has 6 nitrogen and oxygen atoms in total. The Morgan fingerprint density at radius 1 is 1.40 bits per heavy atom. The van der Waals surface area contributed by atoms with Gasteiger partial charge in [0.2, 0.25) is 0 Å². The Hall–Kier alpha value is -2.93. The number of aldehydes is 1. The van der Waals surface area contributed by atoms with Crippen LogP contribution in [0.4, 0.5) is 0 Å². The van der Waals surface area contributed by atoms with Crippen LogP contribution < -0.4 is 0 Å².